The van der Waals surface area contributed by atoms with E-state index in [1.54, 1.807) is 19.1 Å². The van der Waals surface area contributed by atoms with Crippen LogP contribution in [0.4, 0.5) is 4.39 Å². The summed E-state index contributed by atoms with van der Waals surface area (Å²) < 4.78 is 13.6. The predicted octanol–water partition coefficient (Wildman–Crippen LogP) is 4.38. The number of hydrogen-bond acceptors (Lipinski definition) is 2. The molecule has 19 heavy (non-hydrogen) atoms. The second-order valence-corrected chi connectivity index (χ2v) is 7.36. The van der Waals surface area contributed by atoms with Crippen molar-refractivity contribution in [3.05, 3.63) is 35.1 Å². The zero-order chi connectivity index (χ0) is 13.4. The predicted molar refractivity (Wildman–Crippen MR) is 77.2 cm³/mol. The summed E-state index contributed by atoms with van der Waals surface area (Å²) in [6.07, 6.45) is 5.76. The molecule has 2 saturated heterocycles. The molecule has 1 nitrogen and oxygen atoms in total. The van der Waals surface area contributed by atoms with Crippen LogP contribution in [0.25, 0.3) is 0 Å². The minimum Gasteiger partial charge on any atom is -0.294 e. The molecule has 0 radical (unpaired) electrons. The van der Waals surface area contributed by atoms with Crippen molar-refractivity contribution in [3.63, 3.8) is 0 Å². The highest BCUT2D eigenvalue weighted by Crippen LogP contribution is 2.44. The smallest absolute Gasteiger partial charge is 0.166 e. The Kier molecular flexibility index (Phi) is 3.66. The minimum absolute atomic E-state index is 0.108. The lowest BCUT2D eigenvalue weighted by Crippen LogP contribution is -2.33. The molecule has 2 unspecified atom stereocenters. The SMILES string of the molecule is Cc1c(F)cccc1C(=O)C1CC2CCCC(C1)S2. The summed E-state index contributed by atoms with van der Waals surface area (Å²) in [7, 11) is 0. The van der Waals surface area contributed by atoms with E-state index in [0.29, 0.717) is 21.6 Å². The molecule has 1 aromatic rings. The summed E-state index contributed by atoms with van der Waals surface area (Å²) in [5.74, 6) is 0.00229. The van der Waals surface area contributed by atoms with E-state index in [-0.39, 0.29) is 17.5 Å². The van der Waals surface area contributed by atoms with E-state index in [2.05, 4.69) is 11.8 Å². The van der Waals surface area contributed by atoms with Gasteiger partial charge >= 0.3 is 0 Å². The molecule has 2 heterocycles. The Balaban J connectivity index is 1.82. The lowest BCUT2D eigenvalue weighted by atomic mass is 9.83. The maximum absolute atomic E-state index is 13.6. The Morgan fingerprint density at radius 1 is 1.26 bits per heavy atom. The number of ketones is 1. The topological polar surface area (TPSA) is 17.1 Å². The molecule has 0 aromatic heterocycles. The molecule has 2 aliphatic rings. The molecular weight excluding hydrogens is 259 g/mol. The molecule has 0 amide bonds. The van der Waals surface area contributed by atoms with Gasteiger partial charge < -0.3 is 0 Å². The van der Waals surface area contributed by atoms with Gasteiger partial charge in [0, 0.05) is 22.0 Å². The van der Waals surface area contributed by atoms with Gasteiger partial charge in [0.15, 0.2) is 5.78 Å². The molecule has 0 spiro atoms. The molecule has 0 N–H and O–H groups in total. The molecule has 2 bridgehead atoms. The molecule has 0 aliphatic carbocycles. The van der Waals surface area contributed by atoms with E-state index in [4.69, 9.17) is 0 Å². The van der Waals surface area contributed by atoms with Gasteiger partial charge in [0.1, 0.15) is 5.82 Å². The second kappa shape index (κ2) is 5.28. The number of rotatable bonds is 2. The summed E-state index contributed by atoms with van der Waals surface area (Å²) in [5, 5.41) is 1.30. The number of fused-ring (bicyclic) bond motifs is 2. The fourth-order valence-electron chi connectivity index (χ4n) is 3.37. The van der Waals surface area contributed by atoms with Crippen LogP contribution in [0, 0.1) is 18.7 Å². The van der Waals surface area contributed by atoms with Crippen LogP contribution < -0.4 is 0 Å². The number of thioether (sulfide) groups is 1. The number of carbonyl (C=O) groups is 1. The van der Waals surface area contributed by atoms with E-state index < -0.39 is 0 Å². The standard InChI is InChI=1S/C16H19FOS/c1-10-14(6-3-7-15(10)17)16(18)11-8-12-4-2-5-13(9-11)19-12/h3,6-7,11-13H,2,4-5,8-9H2,1H3. The van der Waals surface area contributed by atoms with Crippen molar-refractivity contribution in [3.8, 4) is 0 Å². The maximum Gasteiger partial charge on any atom is 0.166 e. The third-order valence-corrected chi connectivity index (χ3v) is 6.06. The van der Waals surface area contributed by atoms with Crippen molar-refractivity contribution in [2.45, 2.75) is 49.5 Å². The monoisotopic (exact) mass is 278 g/mol. The molecule has 0 saturated carbocycles. The third-order valence-electron chi connectivity index (χ3n) is 4.44. The molecule has 102 valence electrons. The van der Waals surface area contributed by atoms with Crippen LogP contribution in [0.3, 0.4) is 0 Å². The number of Topliss-reactive ketones (excluding diaryl/α,β-unsaturated/α-hetero) is 1. The van der Waals surface area contributed by atoms with Crippen LogP contribution in [-0.4, -0.2) is 16.3 Å². The molecule has 2 aliphatic heterocycles. The highest BCUT2D eigenvalue weighted by atomic mass is 32.2. The highest BCUT2D eigenvalue weighted by Gasteiger charge is 2.36. The van der Waals surface area contributed by atoms with E-state index in [1.807, 2.05) is 0 Å². The van der Waals surface area contributed by atoms with Crippen LogP contribution in [0.2, 0.25) is 0 Å². The normalized spacial score (nSPS) is 30.1. The van der Waals surface area contributed by atoms with Crippen LogP contribution in [0.15, 0.2) is 18.2 Å². The van der Waals surface area contributed by atoms with Gasteiger partial charge in [-0.1, -0.05) is 18.6 Å². The lowest BCUT2D eigenvalue weighted by Gasteiger charge is -2.38. The Morgan fingerprint density at radius 2 is 1.95 bits per heavy atom. The van der Waals surface area contributed by atoms with Gasteiger partial charge in [-0.25, -0.2) is 4.39 Å². The number of carbonyl (C=O) groups excluding carboxylic acids is 1. The minimum atomic E-state index is -0.267. The van der Waals surface area contributed by atoms with Crippen molar-refractivity contribution < 1.29 is 9.18 Å². The molecule has 1 aromatic carbocycles. The van der Waals surface area contributed by atoms with Gasteiger partial charge in [0.25, 0.3) is 0 Å². The first-order chi connectivity index (χ1) is 9.15. The van der Waals surface area contributed by atoms with E-state index in [1.165, 1.54) is 25.3 Å². The zero-order valence-corrected chi connectivity index (χ0v) is 12.0. The first kappa shape index (κ1) is 13.2. The van der Waals surface area contributed by atoms with E-state index >= 15 is 0 Å². The van der Waals surface area contributed by atoms with Crippen molar-refractivity contribution in [1.29, 1.82) is 0 Å². The fourth-order valence-corrected chi connectivity index (χ4v) is 5.20. The van der Waals surface area contributed by atoms with E-state index in [9.17, 15) is 9.18 Å². The van der Waals surface area contributed by atoms with Gasteiger partial charge in [0.05, 0.1) is 0 Å². The van der Waals surface area contributed by atoms with Crippen LogP contribution >= 0.6 is 11.8 Å². The molecular formula is C16H19FOS. The lowest BCUT2D eigenvalue weighted by molar-refractivity contribution is 0.0895. The number of halogens is 1. The van der Waals surface area contributed by atoms with Gasteiger partial charge in [-0.15, -0.1) is 0 Å². The van der Waals surface area contributed by atoms with Crippen molar-refractivity contribution in [1.82, 2.24) is 0 Å². The van der Waals surface area contributed by atoms with Gasteiger partial charge in [-0.05, 0) is 44.2 Å². The van der Waals surface area contributed by atoms with Crippen LogP contribution in [0.5, 0.6) is 0 Å². The Bertz CT molecular complexity index is 488. The largest absolute Gasteiger partial charge is 0.294 e. The molecule has 3 heteroatoms. The van der Waals surface area contributed by atoms with Gasteiger partial charge in [-0.3, -0.25) is 4.79 Å². The van der Waals surface area contributed by atoms with Gasteiger partial charge in [0.2, 0.25) is 0 Å². The third kappa shape index (κ3) is 2.58. The van der Waals surface area contributed by atoms with Crippen molar-refractivity contribution >= 4 is 17.5 Å². The average Bonchev–Trinajstić information content (AvgIpc) is 2.41. The Morgan fingerprint density at radius 3 is 2.63 bits per heavy atom. The Labute approximate surface area is 118 Å². The zero-order valence-electron chi connectivity index (χ0n) is 11.2. The van der Waals surface area contributed by atoms with Crippen molar-refractivity contribution in [2.75, 3.05) is 0 Å². The number of hydrogen-bond donors (Lipinski definition) is 0. The molecule has 2 fully saturated rings. The second-order valence-electron chi connectivity index (χ2n) is 5.76. The summed E-state index contributed by atoms with van der Waals surface area (Å²) in [6.45, 7) is 1.71. The molecule has 3 rings (SSSR count). The summed E-state index contributed by atoms with van der Waals surface area (Å²) in [5.41, 5.74) is 1.10. The Hall–Kier alpha value is -0.830. The van der Waals surface area contributed by atoms with Crippen LogP contribution in [0.1, 0.15) is 48.0 Å². The average molecular weight is 278 g/mol. The maximum atomic E-state index is 13.6. The van der Waals surface area contributed by atoms with Crippen LogP contribution in [-0.2, 0) is 0 Å². The summed E-state index contributed by atoms with van der Waals surface area (Å²) >= 11 is 2.07. The first-order valence-corrected chi connectivity index (χ1v) is 8.04. The summed E-state index contributed by atoms with van der Waals surface area (Å²) in [4.78, 5) is 12.6. The fraction of sp³-hybridized carbons (Fsp3) is 0.562. The van der Waals surface area contributed by atoms with E-state index in [0.717, 1.165) is 12.8 Å². The van der Waals surface area contributed by atoms with Crippen molar-refractivity contribution in [2.24, 2.45) is 5.92 Å². The highest BCUT2D eigenvalue weighted by molar-refractivity contribution is 8.00. The number of benzene rings is 1. The molecule has 2 atom stereocenters. The summed E-state index contributed by atoms with van der Waals surface area (Å²) in [6, 6.07) is 4.85. The first-order valence-electron chi connectivity index (χ1n) is 7.10. The quantitative estimate of drug-likeness (QED) is 0.747. The van der Waals surface area contributed by atoms with Gasteiger partial charge in [-0.2, -0.15) is 11.8 Å².